The maximum absolute atomic E-state index is 12.6. The second-order valence-corrected chi connectivity index (χ2v) is 7.10. The van der Waals surface area contributed by atoms with Crippen molar-refractivity contribution >= 4 is 23.2 Å². The Morgan fingerprint density at radius 1 is 1.11 bits per heavy atom. The van der Waals surface area contributed by atoms with E-state index in [1.807, 2.05) is 25.1 Å². The van der Waals surface area contributed by atoms with Gasteiger partial charge in [-0.3, -0.25) is 4.79 Å². The van der Waals surface area contributed by atoms with Gasteiger partial charge in [-0.05, 0) is 43.9 Å². The van der Waals surface area contributed by atoms with Gasteiger partial charge in [0.15, 0.2) is 0 Å². The van der Waals surface area contributed by atoms with Crippen LogP contribution in [0.25, 0.3) is 0 Å². The minimum absolute atomic E-state index is 0.0636. The third-order valence-electron chi connectivity index (χ3n) is 5.20. The first-order valence-corrected chi connectivity index (χ1v) is 10.1. The lowest BCUT2D eigenvalue weighted by atomic mass is 9.88. The molecule has 2 aromatic rings. The number of carbonyl (C=O) groups excluding carboxylic acids is 1. The Balaban J connectivity index is 1.77. The number of benzene rings is 1. The van der Waals surface area contributed by atoms with Crippen LogP contribution in [0, 0.1) is 5.92 Å². The average Bonchev–Trinajstić information content (AvgIpc) is 2.74. The van der Waals surface area contributed by atoms with Gasteiger partial charge in [-0.2, -0.15) is 0 Å². The first-order valence-electron chi connectivity index (χ1n) is 10.1. The molecule has 2 N–H and O–H groups in total. The number of carbonyl (C=O) groups is 1. The van der Waals surface area contributed by atoms with Crippen LogP contribution in [0.15, 0.2) is 18.2 Å². The average molecular weight is 383 g/mol. The maximum Gasteiger partial charge on any atom is 0.247 e. The fourth-order valence-corrected chi connectivity index (χ4v) is 3.60. The molecule has 0 aliphatic heterocycles. The molecule has 1 aliphatic rings. The van der Waals surface area contributed by atoms with Crippen LogP contribution in [0.5, 0.6) is 5.75 Å². The van der Waals surface area contributed by atoms with Crippen molar-refractivity contribution in [3.63, 3.8) is 0 Å². The lowest BCUT2D eigenvalue weighted by Crippen LogP contribution is -2.25. The summed E-state index contributed by atoms with van der Waals surface area (Å²) in [5, 5.41) is 14.7. The summed E-state index contributed by atoms with van der Waals surface area (Å²) in [7, 11) is 1.60. The Hall–Kier alpha value is -2.70. The number of aromatic nitrogens is 3. The molecule has 3 rings (SSSR count). The van der Waals surface area contributed by atoms with Crippen molar-refractivity contribution in [2.75, 3.05) is 17.7 Å². The molecule has 1 heterocycles. The van der Waals surface area contributed by atoms with E-state index in [0.717, 1.165) is 55.6 Å². The van der Waals surface area contributed by atoms with Gasteiger partial charge in [0.25, 0.3) is 0 Å². The van der Waals surface area contributed by atoms with E-state index in [1.54, 1.807) is 7.11 Å². The first kappa shape index (κ1) is 20.0. The Labute approximate surface area is 166 Å². The third-order valence-corrected chi connectivity index (χ3v) is 5.20. The number of nitrogens with zero attached hydrogens (tertiary/aromatic N) is 3. The Bertz CT molecular complexity index is 818. The standard InChI is InChI=1S/C21H29N5O2/c1-4-16-17(5-2)25-26-21(24-16)22-15-11-12-19(28-3)18(13-15)23-20(27)14-9-7-6-8-10-14/h11-14H,4-10H2,1-3H3,(H,23,27)(H,22,24,26). The molecule has 1 aromatic heterocycles. The molecule has 1 amide bonds. The molecule has 0 spiro atoms. The van der Waals surface area contributed by atoms with Crippen molar-refractivity contribution < 1.29 is 9.53 Å². The molecule has 0 saturated heterocycles. The monoisotopic (exact) mass is 383 g/mol. The van der Waals surface area contributed by atoms with Crippen LogP contribution in [-0.4, -0.2) is 28.2 Å². The summed E-state index contributed by atoms with van der Waals surface area (Å²) in [6, 6.07) is 5.55. The summed E-state index contributed by atoms with van der Waals surface area (Å²) in [6.45, 7) is 4.10. The van der Waals surface area contributed by atoms with E-state index in [1.165, 1.54) is 6.42 Å². The first-order chi connectivity index (χ1) is 13.6. The normalized spacial score (nSPS) is 14.5. The Morgan fingerprint density at radius 3 is 2.54 bits per heavy atom. The number of hydrogen-bond acceptors (Lipinski definition) is 6. The predicted molar refractivity (Wildman–Crippen MR) is 110 cm³/mol. The van der Waals surface area contributed by atoms with Crippen LogP contribution in [0.2, 0.25) is 0 Å². The van der Waals surface area contributed by atoms with Crippen molar-refractivity contribution in [1.82, 2.24) is 15.2 Å². The van der Waals surface area contributed by atoms with Gasteiger partial charge in [-0.15, -0.1) is 10.2 Å². The van der Waals surface area contributed by atoms with Gasteiger partial charge < -0.3 is 15.4 Å². The van der Waals surface area contributed by atoms with E-state index in [9.17, 15) is 4.79 Å². The number of anilines is 3. The topological polar surface area (TPSA) is 89.0 Å². The zero-order valence-electron chi connectivity index (χ0n) is 16.9. The summed E-state index contributed by atoms with van der Waals surface area (Å²) in [5.41, 5.74) is 3.28. The van der Waals surface area contributed by atoms with Crippen molar-refractivity contribution in [1.29, 1.82) is 0 Å². The molecule has 7 nitrogen and oxygen atoms in total. The van der Waals surface area contributed by atoms with Crippen LogP contribution in [0.3, 0.4) is 0 Å². The molecule has 1 fully saturated rings. The van der Waals surface area contributed by atoms with Gasteiger partial charge >= 0.3 is 0 Å². The fourth-order valence-electron chi connectivity index (χ4n) is 3.60. The SMILES string of the molecule is CCc1nnc(Nc2ccc(OC)c(NC(=O)C3CCCCC3)c2)nc1CC. The van der Waals surface area contributed by atoms with Gasteiger partial charge in [0.1, 0.15) is 5.75 Å². The highest BCUT2D eigenvalue weighted by Crippen LogP contribution is 2.31. The highest BCUT2D eigenvalue weighted by Gasteiger charge is 2.22. The number of amides is 1. The molecule has 1 aromatic carbocycles. The fraction of sp³-hybridized carbons (Fsp3) is 0.524. The molecule has 28 heavy (non-hydrogen) atoms. The van der Waals surface area contributed by atoms with E-state index < -0.39 is 0 Å². The van der Waals surface area contributed by atoms with Gasteiger partial charge in [0, 0.05) is 11.6 Å². The molecule has 0 bridgehead atoms. The summed E-state index contributed by atoms with van der Waals surface area (Å²) in [5.74, 6) is 1.22. The van der Waals surface area contributed by atoms with Crippen molar-refractivity contribution in [3.8, 4) is 5.75 Å². The lowest BCUT2D eigenvalue weighted by Gasteiger charge is -2.21. The minimum Gasteiger partial charge on any atom is -0.495 e. The Morgan fingerprint density at radius 2 is 1.86 bits per heavy atom. The third kappa shape index (κ3) is 4.77. The van der Waals surface area contributed by atoms with Gasteiger partial charge in [-0.1, -0.05) is 33.1 Å². The molecule has 150 valence electrons. The largest absolute Gasteiger partial charge is 0.495 e. The maximum atomic E-state index is 12.6. The molecular weight excluding hydrogens is 354 g/mol. The van der Waals surface area contributed by atoms with E-state index >= 15 is 0 Å². The number of hydrogen-bond donors (Lipinski definition) is 2. The smallest absolute Gasteiger partial charge is 0.247 e. The van der Waals surface area contributed by atoms with Crippen LogP contribution in [-0.2, 0) is 17.6 Å². The molecule has 0 atom stereocenters. The summed E-state index contributed by atoms with van der Waals surface area (Å²) >= 11 is 0. The summed E-state index contributed by atoms with van der Waals surface area (Å²) in [6.07, 6.45) is 6.98. The zero-order chi connectivity index (χ0) is 19.9. The number of ether oxygens (including phenoxy) is 1. The van der Waals surface area contributed by atoms with E-state index in [2.05, 4.69) is 32.7 Å². The van der Waals surface area contributed by atoms with Gasteiger partial charge in [-0.25, -0.2) is 4.98 Å². The Kier molecular flexibility index (Phi) is 6.79. The van der Waals surface area contributed by atoms with Crippen molar-refractivity contribution in [2.24, 2.45) is 5.92 Å². The molecule has 0 unspecified atom stereocenters. The molecule has 7 heteroatoms. The molecule has 1 saturated carbocycles. The molecule has 1 aliphatic carbocycles. The highest BCUT2D eigenvalue weighted by molar-refractivity contribution is 5.94. The number of nitrogens with one attached hydrogen (secondary N) is 2. The molecular formula is C21H29N5O2. The van der Waals surface area contributed by atoms with Crippen molar-refractivity contribution in [3.05, 3.63) is 29.6 Å². The number of methoxy groups -OCH3 is 1. The number of aryl methyl sites for hydroxylation is 2. The van der Waals surface area contributed by atoms with E-state index in [-0.39, 0.29) is 11.8 Å². The van der Waals surface area contributed by atoms with Crippen molar-refractivity contribution in [2.45, 2.75) is 58.8 Å². The van der Waals surface area contributed by atoms with Gasteiger partial charge in [0.2, 0.25) is 11.9 Å². The quantitative estimate of drug-likeness (QED) is 0.742. The second-order valence-electron chi connectivity index (χ2n) is 7.10. The van der Waals surface area contributed by atoms with E-state index in [4.69, 9.17) is 4.74 Å². The highest BCUT2D eigenvalue weighted by atomic mass is 16.5. The summed E-state index contributed by atoms with van der Waals surface area (Å²) in [4.78, 5) is 17.2. The molecule has 0 radical (unpaired) electrons. The summed E-state index contributed by atoms with van der Waals surface area (Å²) < 4.78 is 5.42. The predicted octanol–water partition coefficient (Wildman–Crippen LogP) is 4.27. The lowest BCUT2D eigenvalue weighted by molar-refractivity contribution is -0.120. The van der Waals surface area contributed by atoms with Crippen LogP contribution >= 0.6 is 0 Å². The number of rotatable bonds is 7. The van der Waals surface area contributed by atoms with Crippen LogP contribution in [0.1, 0.15) is 57.3 Å². The zero-order valence-corrected chi connectivity index (χ0v) is 16.9. The van der Waals surface area contributed by atoms with Crippen LogP contribution in [0.4, 0.5) is 17.3 Å². The van der Waals surface area contributed by atoms with Crippen LogP contribution < -0.4 is 15.4 Å². The van der Waals surface area contributed by atoms with E-state index in [0.29, 0.717) is 17.4 Å². The second kappa shape index (κ2) is 9.48. The van der Waals surface area contributed by atoms with Gasteiger partial charge in [0.05, 0.1) is 24.2 Å². The minimum atomic E-state index is 0.0636.